The van der Waals surface area contributed by atoms with Crippen LogP contribution in [0.1, 0.15) is 0 Å². The van der Waals surface area contributed by atoms with E-state index < -0.39 is 0 Å². The molecule has 0 saturated carbocycles. The second-order valence-electron chi connectivity index (χ2n) is 6.96. The lowest BCUT2D eigenvalue weighted by molar-refractivity contribution is 0.174. The number of phenols is 1. The lowest BCUT2D eigenvalue weighted by atomic mass is 9.96. The number of fused-ring (bicyclic) bond motifs is 4. The number of ether oxygens (including phenoxy) is 2. The summed E-state index contributed by atoms with van der Waals surface area (Å²) in [4.78, 5) is 4.88. The zero-order valence-corrected chi connectivity index (χ0v) is 15.2. The van der Waals surface area contributed by atoms with Crippen LogP contribution < -0.4 is 9.47 Å². The molecular weight excluding hydrogens is 366 g/mol. The molecule has 6 nitrogen and oxygen atoms in total. The molecule has 2 N–H and O–H groups in total. The molecule has 6 heteroatoms. The van der Waals surface area contributed by atoms with Crippen molar-refractivity contribution in [1.82, 2.24) is 15.2 Å². The van der Waals surface area contributed by atoms with E-state index >= 15 is 0 Å². The Kier molecular flexibility index (Phi) is 3.28. The fraction of sp³-hybridized carbons (Fsp3) is 0.0435. The number of H-pyrrole nitrogens is 1. The molecule has 0 aliphatic carbocycles. The number of nitrogens with one attached hydrogen (secondary N) is 1. The van der Waals surface area contributed by atoms with Crippen LogP contribution in [-0.2, 0) is 0 Å². The van der Waals surface area contributed by atoms with Gasteiger partial charge in [-0.2, -0.15) is 5.10 Å². The van der Waals surface area contributed by atoms with E-state index in [1.165, 1.54) is 0 Å². The predicted octanol–water partition coefficient (Wildman–Crippen LogP) is 4.88. The summed E-state index contributed by atoms with van der Waals surface area (Å²) in [5, 5.41) is 18.9. The van der Waals surface area contributed by atoms with Crippen LogP contribution in [0.5, 0.6) is 17.2 Å². The second kappa shape index (κ2) is 5.97. The maximum atomic E-state index is 9.64. The van der Waals surface area contributed by atoms with Crippen LogP contribution in [0.3, 0.4) is 0 Å². The van der Waals surface area contributed by atoms with Gasteiger partial charge in [0.15, 0.2) is 11.5 Å². The highest BCUT2D eigenvalue weighted by Crippen LogP contribution is 2.40. The Balaban J connectivity index is 1.67. The van der Waals surface area contributed by atoms with Gasteiger partial charge in [-0.05, 0) is 65.7 Å². The van der Waals surface area contributed by atoms with Crippen molar-refractivity contribution < 1.29 is 14.6 Å². The van der Waals surface area contributed by atoms with Crippen LogP contribution >= 0.6 is 0 Å². The molecule has 0 unspecified atom stereocenters. The first kappa shape index (κ1) is 15.9. The Morgan fingerprint density at radius 2 is 1.69 bits per heavy atom. The molecule has 0 fully saturated rings. The lowest BCUT2D eigenvalue weighted by Crippen LogP contribution is -1.93. The molecule has 2 aromatic heterocycles. The minimum atomic E-state index is 0.227. The minimum Gasteiger partial charge on any atom is -0.508 e. The highest BCUT2D eigenvalue weighted by atomic mass is 16.7. The van der Waals surface area contributed by atoms with Crippen molar-refractivity contribution in [3.8, 4) is 39.6 Å². The van der Waals surface area contributed by atoms with Gasteiger partial charge in [0.05, 0.1) is 22.9 Å². The number of rotatable bonds is 2. The number of aromatic nitrogens is 3. The quantitative estimate of drug-likeness (QED) is 0.456. The normalized spacial score (nSPS) is 12.7. The third kappa shape index (κ3) is 2.50. The molecule has 1 aliphatic heterocycles. The lowest BCUT2D eigenvalue weighted by Gasteiger charge is -2.12. The molecule has 29 heavy (non-hydrogen) atoms. The van der Waals surface area contributed by atoms with Gasteiger partial charge in [0.25, 0.3) is 0 Å². The highest BCUT2D eigenvalue weighted by molar-refractivity contribution is 6.12. The summed E-state index contributed by atoms with van der Waals surface area (Å²) in [6.45, 7) is 0.237. The summed E-state index contributed by atoms with van der Waals surface area (Å²) in [6, 6.07) is 19.1. The predicted molar refractivity (Wildman–Crippen MR) is 110 cm³/mol. The van der Waals surface area contributed by atoms with Crippen molar-refractivity contribution in [3.63, 3.8) is 0 Å². The van der Waals surface area contributed by atoms with E-state index in [9.17, 15) is 5.11 Å². The van der Waals surface area contributed by atoms with Crippen LogP contribution in [0.2, 0.25) is 0 Å². The Morgan fingerprint density at radius 1 is 0.862 bits per heavy atom. The first-order valence-electron chi connectivity index (χ1n) is 9.22. The van der Waals surface area contributed by atoms with Gasteiger partial charge in [0.2, 0.25) is 6.79 Å². The first-order valence-corrected chi connectivity index (χ1v) is 9.22. The van der Waals surface area contributed by atoms with Gasteiger partial charge in [0.1, 0.15) is 5.75 Å². The standard InChI is InChI=1S/C23H15N3O3/c27-15-4-1-13(2-5-15)20-10-16(14-3-8-21-22(9-14)29-12-28-21)23-17-11-24-26-18(17)6-7-19(23)25-20/h1-11,27H,12H2,(H,24,26). The van der Waals surface area contributed by atoms with Gasteiger partial charge >= 0.3 is 0 Å². The third-order valence-corrected chi connectivity index (χ3v) is 5.24. The molecule has 1 aliphatic rings. The Hall–Kier alpha value is -4.06. The first-order chi connectivity index (χ1) is 14.3. The zero-order valence-electron chi connectivity index (χ0n) is 15.2. The molecule has 140 valence electrons. The Labute approximate surface area is 165 Å². The molecular formula is C23H15N3O3. The van der Waals surface area contributed by atoms with Gasteiger partial charge in [-0.15, -0.1) is 0 Å². The van der Waals surface area contributed by atoms with Gasteiger partial charge in [-0.25, -0.2) is 4.98 Å². The Morgan fingerprint density at radius 3 is 2.59 bits per heavy atom. The van der Waals surface area contributed by atoms with Crippen molar-refractivity contribution in [2.45, 2.75) is 0 Å². The largest absolute Gasteiger partial charge is 0.508 e. The van der Waals surface area contributed by atoms with Crippen molar-refractivity contribution in [2.24, 2.45) is 0 Å². The van der Waals surface area contributed by atoms with Crippen LogP contribution in [0, 0.1) is 0 Å². The average Bonchev–Trinajstić information content (AvgIpc) is 3.42. The second-order valence-corrected chi connectivity index (χ2v) is 6.96. The third-order valence-electron chi connectivity index (χ3n) is 5.24. The summed E-state index contributed by atoms with van der Waals surface area (Å²) >= 11 is 0. The van der Waals surface area contributed by atoms with E-state index in [-0.39, 0.29) is 12.5 Å². The molecule has 0 spiro atoms. The van der Waals surface area contributed by atoms with Crippen LogP contribution in [0.4, 0.5) is 0 Å². The van der Waals surface area contributed by atoms with Gasteiger partial charge in [0, 0.05) is 16.3 Å². The molecule has 0 bridgehead atoms. The van der Waals surface area contributed by atoms with E-state index in [1.807, 2.05) is 48.7 Å². The van der Waals surface area contributed by atoms with Gasteiger partial charge in [-0.3, -0.25) is 5.10 Å². The molecule has 0 radical (unpaired) electrons. The van der Waals surface area contributed by atoms with E-state index in [0.29, 0.717) is 0 Å². The fourth-order valence-corrected chi connectivity index (χ4v) is 3.82. The molecule has 3 heterocycles. The van der Waals surface area contributed by atoms with Crippen molar-refractivity contribution in [3.05, 3.63) is 66.9 Å². The number of benzene rings is 3. The molecule has 0 amide bonds. The molecule has 3 aromatic carbocycles. The minimum absolute atomic E-state index is 0.227. The number of hydrogen-bond donors (Lipinski definition) is 2. The van der Waals surface area contributed by atoms with E-state index in [1.54, 1.807) is 12.1 Å². The smallest absolute Gasteiger partial charge is 0.231 e. The average molecular weight is 381 g/mol. The van der Waals surface area contributed by atoms with Crippen LogP contribution in [0.25, 0.3) is 44.2 Å². The number of phenolic OH excluding ortho intramolecular Hbond substituents is 1. The van der Waals surface area contributed by atoms with Crippen molar-refractivity contribution in [2.75, 3.05) is 6.79 Å². The van der Waals surface area contributed by atoms with E-state index in [4.69, 9.17) is 14.5 Å². The molecule has 5 aromatic rings. The number of hydrogen-bond acceptors (Lipinski definition) is 5. The number of aromatic hydroxyl groups is 1. The number of pyridine rings is 1. The summed E-state index contributed by atoms with van der Waals surface area (Å²) in [5.41, 5.74) is 5.63. The van der Waals surface area contributed by atoms with Crippen LogP contribution in [-0.4, -0.2) is 27.1 Å². The van der Waals surface area contributed by atoms with Crippen molar-refractivity contribution in [1.29, 1.82) is 0 Å². The zero-order chi connectivity index (χ0) is 19.4. The summed E-state index contributed by atoms with van der Waals surface area (Å²) in [7, 11) is 0. The summed E-state index contributed by atoms with van der Waals surface area (Å²) in [6.07, 6.45) is 1.83. The fourth-order valence-electron chi connectivity index (χ4n) is 3.82. The number of aromatic amines is 1. The maximum absolute atomic E-state index is 9.64. The van der Waals surface area contributed by atoms with E-state index in [2.05, 4.69) is 16.3 Å². The monoisotopic (exact) mass is 381 g/mol. The topological polar surface area (TPSA) is 80.3 Å². The summed E-state index contributed by atoms with van der Waals surface area (Å²) in [5.74, 6) is 1.71. The van der Waals surface area contributed by atoms with Crippen molar-refractivity contribution >= 4 is 21.8 Å². The molecule has 6 rings (SSSR count). The van der Waals surface area contributed by atoms with Gasteiger partial charge < -0.3 is 14.6 Å². The summed E-state index contributed by atoms with van der Waals surface area (Å²) < 4.78 is 11.1. The molecule has 0 saturated heterocycles. The maximum Gasteiger partial charge on any atom is 0.231 e. The molecule has 0 atom stereocenters. The SMILES string of the molecule is Oc1ccc(-c2cc(-c3ccc4c(c3)OCO4)c3c(ccc4[nH]ncc43)n2)cc1. The number of nitrogens with zero attached hydrogens (tertiary/aromatic N) is 2. The highest BCUT2D eigenvalue weighted by Gasteiger charge is 2.18. The van der Waals surface area contributed by atoms with Gasteiger partial charge in [-0.1, -0.05) is 6.07 Å². The van der Waals surface area contributed by atoms with Crippen LogP contribution in [0.15, 0.2) is 66.9 Å². The Bertz CT molecular complexity index is 1390. The van der Waals surface area contributed by atoms with E-state index in [0.717, 1.165) is 55.7 Å².